The van der Waals surface area contributed by atoms with Gasteiger partial charge in [0.1, 0.15) is 13.2 Å². The van der Waals surface area contributed by atoms with Crippen LogP contribution in [-0.2, 0) is 28.6 Å². The minimum atomic E-state index is -0.792. The molecule has 0 aliphatic rings. The van der Waals surface area contributed by atoms with Crippen LogP contribution in [0.2, 0.25) is 0 Å². The van der Waals surface area contributed by atoms with Crippen molar-refractivity contribution >= 4 is 17.9 Å². The summed E-state index contributed by atoms with van der Waals surface area (Å²) in [6, 6.07) is 0. The first-order chi connectivity index (χ1) is 34.5. The largest absolute Gasteiger partial charge is 0.462 e. The van der Waals surface area contributed by atoms with Gasteiger partial charge in [-0.2, -0.15) is 0 Å². The van der Waals surface area contributed by atoms with Gasteiger partial charge in [-0.3, -0.25) is 14.4 Å². The molecule has 0 spiro atoms. The van der Waals surface area contributed by atoms with E-state index in [4.69, 9.17) is 14.2 Å². The summed E-state index contributed by atoms with van der Waals surface area (Å²) < 4.78 is 16.9. The summed E-state index contributed by atoms with van der Waals surface area (Å²) in [5.74, 6) is -0.916. The highest BCUT2D eigenvalue weighted by molar-refractivity contribution is 5.71. The minimum Gasteiger partial charge on any atom is -0.462 e. The molecule has 1 atom stereocenters. The van der Waals surface area contributed by atoms with Crippen molar-refractivity contribution in [3.8, 4) is 0 Å². The van der Waals surface area contributed by atoms with Crippen molar-refractivity contribution < 1.29 is 28.6 Å². The summed E-state index contributed by atoms with van der Waals surface area (Å²) in [6.07, 6.45) is 74.8. The summed E-state index contributed by atoms with van der Waals surface area (Å²) in [6.45, 7) is 6.41. The Balaban J connectivity index is 4.33. The van der Waals surface area contributed by atoms with Gasteiger partial charge in [-0.25, -0.2) is 0 Å². The fourth-order valence-corrected chi connectivity index (χ4v) is 8.53. The summed E-state index contributed by atoms with van der Waals surface area (Å²) in [5, 5.41) is 0. The maximum absolute atomic E-state index is 12.9. The Morgan fingerprint density at radius 3 is 0.886 bits per heavy atom. The van der Waals surface area contributed by atoms with E-state index in [1.165, 1.54) is 148 Å². The molecular formula is C64H112O6. The molecule has 0 aromatic carbocycles. The molecule has 0 aromatic rings. The third-order valence-corrected chi connectivity index (χ3v) is 13.0. The van der Waals surface area contributed by atoms with Crippen LogP contribution >= 0.6 is 0 Å². The molecule has 6 heteroatoms. The Hall–Kier alpha value is -3.15. The number of esters is 3. The molecule has 0 amide bonds. The average Bonchev–Trinajstić information content (AvgIpc) is 3.36. The van der Waals surface area contributed by atoms with Crippen LogP contribution < -0.4 is 0 Å². The lowest BCUT2D eigenvalue weighted by Gasteiger charge is -2.18. The van der Waals surface area contributed by atoms with Gasteiger partial charge < -0.3 is 14.2 Å². The molecule has 0 heterocycles. The smallest absolute Gasteiger partial charge is 0.306 e. The van der Waals surface area contributed by atoms with Crippen LogP contribution in [-0.4, -0.2) is 37.2 Å². The number of rotatable bonds is 54. The van der Waals surface area contributed by atoms with Gasteiger partial charge in [0.05, 0.1) is 0 Å². The third kappa shape index (κ3) is 55.8. The zero-order chi connectivity index (χ0) is 50.7. The van der Waals surface area contributed by atoms with Crippen LogP contribution in [0.3, 0.4) is 0 Å². The summed E-state index contributed by atoms with van der Waals surface area (Å²) in [5.41, 5.74) is 0. The van der Waals surface area contributed by atoms with Crippen LogP contribution in [0.5, 0.6) is 0 Å². The molecule has 0 rings (SSSR count). The second-order valence-electron chi connectivity index (χ2n) is 19.9. The zero-order valence-electron chi connectivity index (χ0n) is 46.3. The third-order valence-electron chi connectivity index (χ3n) is 13.0. The molecular weight excluding hydrogens is 865 g/mol. The molecule has 0 aromatic heterocycles. The van der Waals surface area contributed by atoms with E-state index in [-0.39, 0.29) is 31.1 Å². The number of allylic oxidation sites excluding steroid dienone is 12. The summed E-state index contributed by atoms with van der Waals surface area (Å²) in [7, 11) is 0. The minimum absolute atomic E-state index is 0.0866. The first-order valence-electron chi connectivity index (χ1n) is 29.9. The fourth-order valence-electron chi connectivity index (χ4n) is 8.53. The maximum Gasteiger partial charge on any atom is 0.306 e. The number of carbonyl (C=O) groups excluding carboxylic acids is 3. The molecule has 1 unspecified atom stereocenters. The normalized spacial score (nSPS) is 12.6. The molecule has 0 saturated carbocycles. The number of carbonyl (C=O) groups is 3. The van der Waals surface area contributed by atoms with Crippen LogP contribution in [0.25, 0.3) is 0 Å². The van der Waals surface area contributed by atoms with Crippen LogP contribution in [0.15, 0.2) is 72.9 Å². The van der Waals surface area contributed by atoms with Crippen LogP contribution in [0.4, 0.5) is 0 Å². The lowest BCUT2D eigenvalue weighted by Crippen LogP contribution is -2.30. The van der Waals surface area contributed by atoms with Crippen molar-refractivity contribution in [3.05, 3.63) is 72.9 Å². The van der Waals surface area contributed by atoms with Crippen molar-refractivity contribution in [1.29, 1.82) is 0 Å². The Morgan fingerprint density at radius 2 is 0.557 bits per heavy atom. The average molecular weight is 978 g/mol. The zero-order valence-corrected chi connectivity index (χ0v) is 46.3. The van der Waals surface area contributed by atoms with Crippen molar-refractivity contribution in [2.24, 2.45) is 0 Å². The number of unbranched alkanes of at least 4 members (excludes halogenated alkanes) is 31. The van der Waals surface area contributed by atoms with Gasteiger partial charge in [-0.1, -0.05) is 267 Å². The first kappa shape index (κ1) is 66.9. The Morgan fingerprint density at radius 1 is 0.300 bits per heavy atom. The Kier molecular flexibility index (Phi) is 55.8. The van der Waals surface area contributed by atoms with Gasteiger partial charge in [-0.15, -0.1) is 0 Å². The van der Waals surface area contributed by atoms with E-state index in [9.17, 15) is 14.4 Å². The van der Waals surface area contributed by atoms with Gasteiger partial charge in [0, 0.05) is 19.3 Å². The highest BCUT2D eigenvalue weighted by Crippen LogP contribution is 2.17. The lowest BCUT2D eigenvalue weighted by atomic mass is 10.0. The summed E-state index contributed by atoms with van der Waals surface area (Å²) in [4.78, 5) is 38.2. The second kappa shape index (κ2) is 58.4. The lowest BCUT2D eigenvalue weighted by molar-refractivity contribution is -0.167. The maximum atomic E-state index is 12.9. The molecule has 0 saturated heterocycles. The first-order valence-corrected chi connectivity index (χ1v) is 29.9. The van der Waals surface area contributed by atoms with Crippen molar-refractivity contribution in [2.45, 2.75) is 303 Å². The molecule has 0 N–H and O–H groups in total. The van der Waals surface area contributed by atoms with Crippen LogP contribution in [0, 0.1) is 0 Å². The van der Waals surface area contributed by atoms with Gasteiger partial charge in [0.25, 0.3) is 0 Å². The van der Waals surface area contributed by atoms with Gasteiger partial charge >= 0.3 is 17.9 Å². The highest BCUT2D eigenvalue weighted by atomic mass is 16.6. The molecule has 0 radical (unpaired) electrons. The molecule has 404 valence electrons. The Bertz CT molecular complexity index is 1310. The SMILES string of the molecule is CC/C=C\C/C=C\C/C=C\CCCCCCCCCC(=O)OC(COC(=O)CCCCC/C=C\C/C=C\C/C=C\CC)COC(=O)CCCCCCCCCCCCCCCCCCCCCCCC. The standard InChI is InChI=1S/C64H112O6/c1-4-7-10-13-16-19-22-25-27-29-30-31-32-33-35-36-39-42-45-48-51-54-57-63(66)69-60-61(59-68-62(65)56-53-50-47-44-41-38-24-21-18-15-12-9-6-3)70-64(67)58-55-52-49-46-43-40-37-34-28-26-23-20-17-14-11-8-5-2/h8-9,11-12,17-18,20-21,26,28,38,41,61H,4-7,10,13-16,19,22-25,27,29-37,39-40,42-60H2,1-3H3/b11-8-,12-9-,20-17-,21-18-,28-26-,41-38-. The van der Waals surface area contributed by atoms with Gasteiger partial charge in [-0.05, 0) is 83.5 Å². The van der Waals surface area contributed by atoms with E-state index in [1.807, 2.05) is 0 Å². The Labute approximate surface area is 433 Å². The van der Waals surface area contributed by atoms with E-state index in [0.717, 1.165) is 109 Å². The number of hydrogen-bond acceptors (Lipinski definition) is 6. The van der Waals surface area contributed by atoms with Crippen molar-refractivity contribution in [1.82, 2.24) is 0 Å². The molecule has 0 bridgehead atoms. The van der Waals surface area contributed by atoms with Crippen molar-refractivity contribution in [3.63, 3.8) is 0 Å². The van der Waals surface area contributed by atoms with Crippen LogP contribution in [0.1, 0.15) is 297 Å². The second-order valence-corrected chi connectivity index (χ2v) is 19.9. The monoisotopic (exact) mass is 977 g/mol. The van der Waals surface area contributed by atoms with E-state index in [0.29, 0.717) is 19.3 Å². The van der Waals surface area contributed by atoms with E-state index in [1.54, 1.807) is 0 Å². The molecule has 0 fully saturated rings. The summed E-state index contributed by atoms with van der Waals surface area (Å²) >= 11 is 0. The molecule has 0 aliphatic carbocycles. The predicted octanol–water partition coefficient (Wildman–Crippen LogP) is 20.2. The predicted molar refractivity (Wildman–Crippen MR) is 302 cm³/mol. The van der Waals surface area contributed by atoms with Gasteiger partial charge in [0.2, 0.25) is 0 Å². The molecule has 0 aliphatic heterocycles. The van der Waals surface area contributed by atoms with Crippen molar-refractivity contribution in [2.75, 3.05) is 13.2 Å². The van der Waals surface area contributed by atoms with E-state index >= 15 is 0 Å². The topological polar surface area (TPSA) is 78.9 Å². The molecule has 70 heavy (non-hydrogen) atoms. The highest BCUT2D eigenvalue weighted by Gasteiger charge is 2.19. The van der Waals surface area contributed by atoms with Gasteiger partial charge in [0.15, 0.2) is 6.10 Å². The van der Waals surface area contributed by atoms with E-state index in [2.05, 4.69) is 93.7 Å². The molecule has 6 nitrogen and oxygen atoms in total. The quantitative estimate of drug-likeness (QED) is 0.0261. The fraction of sp³-hybridized carbons (Fsp3) is 0.766. The van der Waals surface area contributed by atoms with E-state index < -0.39 is 6.10 Å². The number of hydrogen-bond donors (Lipinski definition) is 0. The number of ether oxygens (including phenoxy) is 3.